The van der Waals surface area contributed by atoms with Gasteiger partial charge in [0.15, 0.2) is 16.8 Å². The number of amides is 2. The van der Waals surface area contributed by atoms with Crippen LogP contribution in [-0.2, 0) is 17.8 Å². The van der Waals surface area contributed by atoms with E-state index in [4.69, 9.17) is 4.74 Å². The van der Waals surface area contributed by atoms with Crippen molar-refractivity contribution in [2.75, 3.05) is 19.0 Å². The molecule has 0 fully saturated rings. The quantitative estimate of drug-likeness (QED) is 0.857. The standard InChI is InChI=1S/C14H15F2N3O2S/c1-21-7-10-8-22-14(18-10)19-13(20)17-5-4-9-2-3-11(15)12(16)6-9/h2-3,6,8H,4-5,7H2,1H3,(H2,17,18,19,20). The molecule has 1 aromatic heterocycles. The van der Waals surface area contributed by atoms with Crippen molar-refractivity contribution >= 4 is 22.5 Å². The SMILES string of the molecule is COCc1csc(NC(=O)NCCc2ccc(F)c(F)c2)n1. The largest absolute Gasteiger partial charge is 0.378 e. The molecule has 0 spiro atoms. The average Bonchev–Trinajstić information content (AvgIpc) is 2.90. The van der Waals surface area contributed by atoms with Crippen LogP contribution in [0, 0.1) is 11.6 Å². The van der Waals surface area contributed by atoms with Gasteiger partial charge in [0, 0.05) is 19.0 Å². The van der Waals surface area contributed by atoms with E-state index in [1.54, 1.807) is 12.5 Å². The van der Waals surface area contributed by atoms with Crippen molar-refractivity contribution in [1.29, 1.82) is 0 Å². The number of carbonyl (C=O) groups excluding carboxylic acids is 1. The molecule has 0 aliphatic rings. The van der Waals surface area contributed by atoms with Crippen LogP contribution in [0.4, 0.5) is 18.7 Å². The third kappa shape index (κ3) is 4.74. The lowest BCUT2D eigenvalue weighted by Gasteiger charge is -2.06. The molecule has 0 saturated heterocycles. The highest BCUT2D eigenvalue weighted by molar-refractivity contribution is 7.13. The number of urea groups is 1. The molecule has 0 aliphatic carbocycles. The molecular formula is C14H15F2N3O2S. The minimum atomic E-state index is -0.893. The van der Waals surface area contributed by atoms with Crippen molar-refractivity contribution in [3.8, 4) is 0 Å². The second-order valence-corrected chi connectivity index (χ2v) is 5.31. The van der Waals surface area contributed by atoms with Crippen LogP contribution < -0.4 is 10.6 Å². The zero-order chi connectivity index (χ0) is 15.9. The van der Waals surface area contributed by atoms with Crippen molar-refractivity contribution in [2.24, 2.45) is 0 Å². The highest BCUT2D eigenvalue weighted by atomic mass is 32.1. The van der Waals surface area contributed by atoms with E-state index in [2.05, 4.69) is 15.6 Å². The summed E-state index contributed by atoms with van der Waals surface area (Å²) < 4.78 is 30.7. The highest BCUT2D eigenvalue weighted by Gasteiger charge is 2.07. The topological polar surface area (TPSA) is 63.2 Å². The van der Waals surface area contributed by atoms with Gasteiger partial charge in [0.25, 0.3) is 0 Å². The number of aromatic nitrogens is 1. The van der Waals surface area contributed by atoms with Crippen LogP contribution in [0.15, 0.2) is 23.6 Å². The van der Waals surface area contributed by atoms with Gasteiger partial charge in [-0.1, -0.05) is 6.07 Å². The van der Waals surface area contributed by atoms with Crippen molar-refractivity contribution in [3.63, 3.8) is 0 Å². The molecule has 1 heterocycles. The average molecular weight is 327 g/mol. The maximum absolute atomic E-state index is 13.0. The van der Waals surface area contributed by atoms with E-state index >= 15 is 0 Å². The number of benzene rings is 1. The van der Waals surface area contributed by atoms with Crippen LogP contribution in [0.2, 0.25) is 0 Å². The van der Waals surface area contributed by atoms with Gasteiger partial charge in [-0.3, -0.25) is 5.32 Å². The molecule has 0 radical (unpaired) electrons. The highest BCUT2D eigenvalue weighted by Crippen LogP contribution is 2.15. The molecule has 22 heavy (non-hydrogen) atoms. The van der Waals surface area contributed by atoms with Gasteiger partial charge in [-0.15, -0.1) is 11.3 Å². The molecule has 1 aromatic carbocycles. The van der Waals surface area contributed by atoms with Crippen molar-refractivity contribution in [3.05, 3.63) is 46.5 Å². The molecule has 0 aliphatic heterocycles. The number of hydrogen-bond acceptors (Lipinski definition) is 4. The summed E-state index contributed by atoms with van der Waals surface area (Å²) in [6.07, 6.45) is 0.400. The molecule has 0 saturated carbocycles. The Morgan fingerprint density at radius 1 is 1.36 bits per heavy atom. The Hall–Kier alpha value is -2.06. The maximum Gasteiger partial charge on any atom is 0.321 e. The fourth-order valence-electron chi connectivity index (χ4n) is 1.74. The smallest absolute Gasteiger partial charge is 0.321 e. The summed E-state index contributed by atoms with van der Waals surface area (Å²) in [5, 5.41) is 7.48. The predicted octanol–water partition coefficient (Wildman–Crippen LogP) is 2.93. The van der Waals surface area contributed by atoms with Gasteiger partial charge in [-0.05, 0) is 24.1 Å². The number of nitrogens with one attached hydrogen (secondary N) is 2. The lowest BCUT2D eigenvalue weighted by Crippen LogP contribution is -2.30. The summed E-state index contributed by atoms with van der Waals surface area (Å²) in [5.41, 5.74) is 1.35. The predicted molar refractivity (Wildman–Crippen MR) is 79.9 cm³/mol. The lowest BCUT2D eigenvalue weighted by molar-refractivity contribution is 0.182. The van der Waals surface area contributed by atoms with Crippen molar-refractivity contribution in [1.82, 2.24) is 10.3 Å². The van der Waals surface area contributed by atoms with Crippen molar-refractivity contribution < 1.29 is 18.3 Å². The van der Waals surface area contributed by atoms with Gasteiger partial charge >= 0.3 is 6.03 Å². The number of hydrogen-bond donors (Lipinski definition) is 2. The third-order valence-corrected chi connectivity index (χ3v) is 3.55. The number of halogens is 2. The van der Waals surface area contributed by atoms with Crippen molar-refractivity contribution in [2.45, 2.75) is 13.0 Å². The second-order valence-electron chi connectivity index (χ2n) is 4.46. The van der Waals surface area contributed by atoms with Crippen LogP contribution in [-0.4, -0.2) is 24.7 Å². The van der Waals surface area contributed by atoms with Crippen LogP contribution in [0.5, 0.6) is 0 Å². The number of methoxy groups -OCH3 is 1. The molecule has 2 N–H and O–H groups in total. The minimum Gasteiger partial charge on any atom is -0.378 e. The zero-order valence-electron chi connectivity index (χ0n) is 11.9. The molecule has 2 rings (SSSR count). The molecular weight excluding hydrogens is 312 g/mol. The Morgan fingerprint density at radius 3 is 2.91 bits per heavy atom. The molecule has 2 aromatic rings. The monoisotopic (exact) mass is 327 g/mol. The number of nitrogens with zero attached hydrogens (tertiary/aromatic N) is 1. The van der Waals surface area contributed by atoms with Gasteiger partial charge in [-0.2, -0.15) is 0 Å². The Morgan fingerprint density at radius 2 is 2.18 bits per heavy atom. The van der Waals surface area contributed by atoms with Crippen LogP contribution >= 0.6 is 11.3 Å². The summed E-state index contributed by atoms with van der Waals surface area (Å²) in [5.74, 6) is -1.78. The summed E-state index contributed by atoms with van der Waals surface area (Å²) in [4.78, 5) is 15.8. The Kier molecular flexibility index (Phi) is 5.79. The Bertz CT molecular complexity index is 649. The van der Waals surface area contributed by atoms with Gasteiger partial charge in [0.05, 0.1) is 12.3 Å². The fourth-order valence-corrected chi connectivity index (χ4v) is 2.43. The minimum absolute atomic E-state index is 0.299. The van der Waals surface area contributed by atoms with Crippen LogP contribution in [0.1, 0.15) is 11.3 Å². The Balaban J connectivity index is 1.76. The molecule has 2 amide bonds. The Labute approximate surface area is 130 Å². The summed E-state index contributed by atoms with van der Waals surface area (Å²) in [6.45, 7) is 0.684. The third-order valence-electron chi connectivity index (χ3n) is 2.75. The first-order valence-electron chi connectivity index (χ1n) is 6.50. The van der Waals surface area contributed by atoms with Gasteiger partial charge < -0.3 is 10.1 Å². The summed E-state index contributed by atoms with van der Waals surface area (Å²) in [7, 11) is 1.57. The number of carbonyl (C=O) groups is 1. The normalized spacial score (nSPS) is 10.5. The van der Waals surface area contributed by atoms with E-state index in [9.17, 15) is 13.6 Å². The second kappa shape index (κ2) is 7.81. The number of rotatable bonds is 6. The number of anilines is 1. The van der Waals surface area contributed by atoms with Gasteiger partial charge in [0.2, 0.25) is 0 Å². The van der Waals surface area contributed by atoms with E-state index in [1.807, 2.05) is 0 Å². The van der Waals surface area contributed by atoms with E-state index in [0.29, 0.717) is 30.3 Å². The molecule has 5 nitrogen and oxygen atoms in total. The molecule has 0 atom stereocenters. The molecule has 8 heteroatoms. The molecule has 0 bridgehead atoms. The zero-order valence-corrected chi connectivity index (χ0v) is 12.7. The van der Waals surface area contributed by atoms with E-state index in [-0.39, 0.29) is 0 Å². The number of thiazole rings is 1. The first kappa shape index (κ1) is 16.3. The van der Waals surface area contributed by atoms with Crippen LogP contribution in [0.25, 0.3) is 0 Å². The van der Waals surface area contributed by atoms with Crippen LogP contribution in [0.3, 0.4) is 0 Å². The molecule has 0 unspecified atom stereocenters. The van der Waals surface area contributed by atoms with E-state index in [0.717, 1.165) is 17.8 Å². The van der Waals surface area contributed by atoms with E-state index < -0.39 is 17.7 Å². The fraction of sp³-hybridized carbons (Fsp3) is 0.286. The first-order valence-corrected chi connectivity index (χ1v) is 7.38. The van der Waals surface area contributed by atoms with Gasteiger partial charge in [-0.25, -0.2) is 18.6 Å². The summed E-state index contributed by atoms with van der Waals surface area (Å²) in [6, 6.07) is 3.26. The molecule has 118 valence electrons. The maximum atomic E-state index is 13.0. The van der Waals surface area contributed by atoms with Gasteiger partial charge in [0.1, 0.15) is 0 Å². The summed E-state index contributed by atoms with van der Waals surface area (Å²) >= 11 is 1.30. The first-order chi connectivity index (χ1) is 10.6. The van der Waals surface area contributed by atoms with E-state index in [1.165, 1.54) is 17.4 Å². The number of ether oxygens (including phenoxy) is 1. The lowest BCUT2D eigenvalue weighted by atomic mass is 10.1.